The molecule has 0 amide bonds. The molecule has 6 rings (SSSR count). The van der Waals surface area contributed by atoms with E-state index in [0.29, 0.717) is 5.75 Å². The lowest BCUT2D eigenvalue weighted by Crippen LogP contribution is -2.45. The van der Waals surface area contributed by atoms with Crippen molar-refractivity contribution in [3.63, 3.8) is 0 Å². The van der Waals surface area contributed by atoms with Gasteiger partial charge in [-0.1, -0.05) is 60.7 Å². The Morgan fingerprint density at radius 3 is 2.46 bits per heavy atom. The first-order valence-corrected chi connectivity index (χ1v) is 12.2. The second kappa shape index (κ2) is 8.67. The van der Waals surface area contributed by atoms with Crippen LogP contribution in [0.1, 0.15) is 34.1 Å². The van der Waals surface area contributed by atoms with Crippen LogP contribution in [0.2, 0.25) is 0 Å². The smallest absolute Gasteiger partial charge is 0.319 e. The normalized spacial score (nSPS) is 23.0. The Bertz CT molecular complexity index is 1400. The third-order valence-electron chi connectivity index (χ3n) is 6.68. The molecule has 4 unspecified atom stereocenters. The minimum Gasteiger partial charge on any atom is -0.497 e. The first-order chi connectivity index (χ1) is 17.1. The molecule has 2 aliphatic rings. The van der Waals surface area contributed by atoms with Crippen molar-refractivity contribution < 1.29 is 19.0 Å². The fourth-order valence-corrected chi connectivity index (χ4v) is 5.99. The van der Waals surface area contributed by atoms with Gasteiger partial charge in [0.2, 0.25) is 0 Å². The van der Waals surface area contributed by atoms with Crippen molar-refractivity contribution >= 4 is 23.2 Å². The maximum Gasteiger partial charge on any atom is 0.319 e. The SMILES string of the molecule is COc1ccc(C2C(c3nc(-c4ccccc4)cs3)C(=N)OC3c4ccccc4OC(=O)C32)cc1. The first-order valence-electron chi connectivity index (χ1n) is 11.3. The summed E-state index contributed by atoms with van der Waals surface area (Å²) in [6.45, 7) is 0. The predicted octanol–water partition coefficient (Wildman–Crippen LogP) is 5.97. The number of rotatable bonds is 4. The molecule has 0 aliphatic carbocycles. The Labute approximate surface area is 206 Å². The van der Waals surface area contributed by atoms with E-state index in [4.69, 9.17) is 24.6 Å². The molecule has 35 heavy (non-hydrogen) atoms. The number of esters is 1. The summed E-state index contributed by atoms with van der Waals surface area (Å²) >= 11 is 1.48. The Hall–Kier alpha value is -3.97. The molecule has 1 saturated heterocycles. The quantitative estimate of drug-likeness (QED) is 0.286. The van der Waals surface area contributed by atoms with Gasteiger partial charge in [-0.3, -0.25) is 10.2 Å². The van der Waals surface area contributed by atoms with Gasteiger partial charge in [-0.15, -0.1) is 11.3 Å². The number of aromatic nitrogens is 1. The molecule has 2 aliphatic heterocycles. The van der Waals surface area contributed by atoms with E-state index in [1.165, 1.54) is 11.3 Å². The zero-order valence-electron chi connectivity index (χ0n) is 18.9. The molecule has 1 fully saturated rings. The molecule has 3 heterocycles. The number of carbonyl (C=O) groups is 1. The minimum atomic E-state index is -0.624. The number of para-hydroxylation sites is 1. The first kappa shape index (κ1) is 21.6. The Balaban J connectivity index is 1.48. The van der Waals surface area contributed by atoms with Crippen LogP contribution in [-0.2, 0) is 9.53 Å². The highest BCUT2D eigenvalue weighted by Crippen LogP contribution is 2.54. The number of carbonyl (C=O) groups excluding carboxylic acids is 1. The Morgan fingerprint density at radius 1 is 0.943 bits per heavy atom. The van der Waals surface area contributed by atoms with Gasteiger partial charge in [-0.2, -0.15) is 0 Å². The van der Waals surface area contributed by atoms with Crippen LogP contribution >= 0.6 is 11.3 Å². The number of benzene rings is 3. The lowest BCUT2D eigenvalue weighted by atomic mass is 9.70. The number of hydrogen-bond acceptors (Lipinski definition) is 7. The number of ether oxygens (including phenoxy) is 3. The van der Waals surface area contributed by atoms with E-state index in [-0.39, 0.29) is 17.8 Å². The fraction of sp³-hybridized carbons (Fsp3) is 0.179. The van der Waals surface area contributed by atoms with E-state index in [9.17, 15) is 4.79 Å². The van der Waals surface area contributed by atoms with Gasteiger partial charge in [-0.25, -0.2) is 4.98 Å². The van der Waals surface area contributed by atoms with Gasteiger partial charge >= 0.3 is 5.97 Å². The summed E-state index contributed by atoms with van der Waals surface area (Å²) in [6, 6.07) is 25.0. The molecule has 6 nitrogen and oxygen atoms in total. The molecule has 0 bridgehead atoms. The average Bonchev–Trinajstić information content (AvgIpc) is 3.38. The third kappa shape index (κ3) is 3.68. The highest BCUT2D eigenvalue weighted by molar-refractivity contribution is 7.10. The second-order valence-electron chi connectivity index (χ2n) is 8.60. The topological polar surface area (TPSA) is 81.5 Å². The van der Waals surface area contributed by atoms with Crippen LogP contribution in [0.25, 0.3) is 11.3 Å². The number of nitrogens with zero attached hydrogens (tertiary/aromatic N) is 1. The van der Waals surface area contributed by atoms with Crippen molar-refractivity contribution in [2.75, 3.05) is 7.11 Å². The van der Waals surface area contributed by atoms with E-state index < -0.39 is 17.9 Å². The molecular formula is C28H22N2O4S. The highest BCUT2D eigenvalue weighted by atomic mass is 32.1. The summed E-state index contributed by atoms with van der Waals surface area (Å²) in [5.41, 5.74) is 3.53. The van der Waals surface area contributed by atoms with Gasteiger partial charge in [0.05, 0.1) is 18.7 Å². The van der Waals surface area contributed by atoms with Crippen LogP contribution in [0.5, 0.6) is 11.5 Å². The van der Waals surface area contributed by atoms with Crippen LogP contribution in [0.3, 0.4) is 0 Å². The van der Waals surface area contributed by atoms with Gasteiger partial charge in [-0.05, 0) is 23.8 Å². The molecule has 1 N–H and O–H groups in total. The van der Waals surface area contributed by atoms with E-state index >= 15 is 0 Å². The van der Waals surface area contributed by atoms with E-state index in [1.807, 2.05) is 78.2 Å². The summed E-state index contributed by atoms with van der Waals surface area (Å²) < 4.78 is 17.3. The van der Waals surface area contributed by atoms with Crippen LogP contribution in [0.15, 0.2) is 84.2 Å². The van der Waals surface area contributed by atoms with Gasteiger partial charge in [0.25, 0.3) is 0 Å². The number of nitrogens with one attached hydrogen (secondary N) is 1. The van der Waals surface area contributed by atoms with Crippen molar-refractivity contribution in [1.29, 1.82) is 5.41 Å². The molecule has 0 radical (unpaired) electrons. The Kier molecular flexibility index (Phi) is 5.34. The van der Waals surface area contributed by atoms with Crippen LogP contribution in [0, 0.1) is 11.3 Å². The molecule has 3 aromatic carbocycles. The van der Waals surface area contributed by atoms with E-state index in [2.05, 4.69) is 0 Å². The van der Waals surface area contributed by atoms with Crippen molar-refractivity contribution in [3.05, 3.63) is 100 Å². The molecule has 4 aromatic rings. The summed E-state index contributed by atoms with van der Waals surface area (Å²) in [5.74, 6) is -0.577. The number of thiazole rings is 1. The third-order valence-corrected chi connectivity index (χ3v) is 7.60. The maximum atomic E-state index is 13.4. The molecule has 0 saturated carbocycles. The van der Waals surface area contributed by atoms with E-state index in [1.54, 1.807) is 13.2 Å². The van der Waals surface area contributed by atoms with Gasteiger partial charge in [0.1, 0.15) is 28.5 Å². The standard InChI is InChI=1S/C28H22N2O4S/c1-32-18-13-11-17(12-14-18)22-23-25(19-9-5-6-10-21(19)33-28(23)31)34-26(29)24(22)27-30-20(15-35-27)16-7-3-2-4-8-16/h2-15,22-25,29H,1H3. The van der Waals surface area contributed by atoms with Crippen LogP contribution in [-0.4, -0.2) is 24.0 Å². The lowest BCUT2D eigenvalue weighted by molar-refractivity contribution is -0.148. The number of hydrogen-bond donors (Lipinski definition) is 1. The monoisotopic (exact) mass is 482 g/mol. The molecule has 0 spiro atoms. The fourth-order valence-electron chi connectivity index (χ4n) is 5.02. The molecule has 7 heteroatoms. The van der Waals surface area contributed by atoms with Crippen LogP contribution < -0.4 is 9.47 Å². The molecule has 1 aromatic heterocycles. The molecule has 174 valence electrons. The zero-order valence-corrected chi connectivity index (χ0v) is 19.7. The maximum absolute atomic E-state index is 13.4. The number of fused-ring (bicyclic) bond motifs is 3. The van der Waals surface area contributed by atoms with Gasteiger partial charge in [0.15, 0.2) is 5.90 Å². The molecular weight excluding hydrogens is 460 g/mol. The molecule has 4 atom stereocenters. The number of methoxy groups -OCH3 is 1. The van der Waals surface area contributed by atoms with Gasteiger partial charge in [0, 0.05) is 22.4 Å². The summed E-state index contributed by atoms with van der Waals surface area (Å²) in [6.07, 6.45) is -0.600. The lowest BCUT2D eigenvalue weighted by Gasteiger charge is -2.44. The van der Waals surface area contributed by atoms with E-state index in [0.717, 1.165) is 33.1 Å². The predicted molar refractivity (Wildman–Crippen MR) is 133 cm³/mol. The van der Waals surface area contributed by atoms with Gasteiger partial charge < -0.3 is 14.2 Å². The Morgan fingerprint density at radius 2 is 1.69 bits per heavy atom. The van der Waals surface area contributed by atoms with Crippen molar-refractivity contribution in [2.45, 2.75) is 17.9 Å². The average molecular weight is 483 g/mol. The van der Waals surface area contributed by atoms with Crippen molar-refractivity contribution in [1.82, 2.24) is 4.98 Å². The largest absolute Gasteiger partial charge is 0.497 e. The van der Waals surface area contributed by atoms with Crippen LogP contribution in [0.4, 0.5) is 0 Å². The summed E-state index contributed by atoms with van der Waals surface area (Å²) in [5, 5.41) is 11.7. The highest BCUT2D eigenvalue weighted by Gasteiger charge is 2.54. The second-order valence-corrected chi connectivity index (χ2v) is 9.49. The summed E-state index contributed by atoms with van der Waals surface area (Å²) in [4.78, 5) is 18.3. The zero-order chi connectivity index (χ0) is 23.9. The minimum absolute atomic E-state index is 0.102. The summed E-state index contributed by atoms with van der Waals surface area (Å²) in [7, 11) is 1.62. The van der Waals surface area contributed by atoms with Crippen molar-refractivity contribution in [3.8, 4) is 22.8 Å². The van der Waals surface area contributed by atoms with Crippen molar-refractivity contribution in [2.24, 2.45) is 5.92 Å².